The molecule has 8 nitrogen and oxygen atoms in total. The van der Waals surface area contributed by atoms with Crippen molar-refractivity contribution in [2.24, 2.45) is 0 Å². The monoisotopic (exact) mass is 825 g/mol. The number of likely N-dealkylation sites (tertiary alicyclic amines) is 1. The molecule has 1 saturated heterocycles. The lowest BCUT2D eigenvalue weighted by molar-refractivity contribution is -0.144. The standard InChI is InChI=1S/C38H35BrF7N3O5/c1-4-54-33(52)15-30(26-12-22(11-19(2)35(26)43)34-20(3)28(41)7-8-31(34)50)47-37(53)36(25-13-23(39)5-6-29(25)42)49-16-21(9-10-48-17-24(40)18-48)27(14-32(49)51)38(44,45)46/h5-8,11-14,16,24,30,36,50H,4,9-10,15,17-18H2,1-3H3,(H,47,53)/t30-,36?/m0/s1. The molecule has 2 atom stereocenters. The number of esters is 1. The summed E-state index contributed by atoms with van der Waals surface area (Å²) >= 11 is 3.19. The molecule has 2 N–H and O–H groups in total. The van der Waals surface area contributed by atoms with E-state index in [1.165, 1.54) is 39.0 Å². The number of aromatic hydroxyl groups is 1. The number of benzene rings is 3. The Bertz CT molecular complexity index is 2140. The molecule has 1 aromatic heterocycles. The molecular formula is C38H35BrF7N3O5. The minimum Gasteiger partial charge on any atom is -0.507 e. The zero-order valence-corrected chi connectivity index (χ0v) is 30.8. The lowest BCUT2D eigenvalue weighted by atomic mass is 9.91. The number of rotatable bonds is 12. The molecule has 4 aromatic rings. The third-order valence-electron chi connectivity index (χ3n) is 9.17. The first-order valence-corrected chi connectivity index (χ1v) is 17.6. The highest BCUT2D eigenvalue weighted by atomic mass is 79.9. The number of carbonyl (C=O) groups is 2. The molecule has 1 fully saturated rings. The van der Waals surface area contributed by atoms with Gasteiger partial charge in [0, 0.05) is 53.1 Å². The number of ether oxygens (including phenoxy) is 1. The third kappa shape index (κ3) is 8.81. The van der Waals surface area contributed by atoms with Crippen LogP contribution in [-0.2, 0) is 26.9 Å². The van der Waals surface area contributed by atoms with Crippen molar-refractivity contribution in [2.75, 3.05) is 26.2 Å². The van der Waals surface area contributed by atoms with Crippen LogP contribution in [0, 0.1) is 31.3 Å². The van der Waals surface area contributed by atoms with Gasteiger partial charge in [-0.05, 0) is 91.9 Å². The molecule has 3 aromatic carbocycles. The first kappa shape index (κ1) is 40.5. The van der Waals surface area contributed by atoms with Crippen molar-refractivity contribution in [1.29, 1.82) is 0 Å². The highest BCUT2D eigenvalue weighted by Crippen LogP contribution is 2.38. The summed E-state index contributed by atoms with van der Waals surface area (Å²) in [7, 11) is 0. The van der Waals surface area contributed by atoms with E-state index in [0.29, 0.717) is 4.57 Å². The summed E-state index contributed by atoms with van der Waals surface area (Å²) in [6.45, 7) is 4.14. The number of phenolic OH excluding ortho intramolecular Hbond substituents is 1. The van der Waals surface area contributed by atoms with Gasteiger partial charge in [0.25, 0.3) is 5.56 Å². The molecule has 1 amide bonds. The first-order valence-electron chi connectivity index (χ1n) is 16.8. The van der Waals surface area contributed by atoms with Crippen molar-refractivity contribution in [2.45, 2.75) is 58.0 Å². The van der Waals surface area contributed by atoms with Gasteiger partial charge < -0.3 is 15.2 Å². The number of nitrogens with zero attached hydrogens (tertiary/aromatic N) is 2. The molecule has 0 bridgehead atoms. The van der Waals surface area contributed by atoms with Crippen molar-refractivity contribution >= 4 is 27.8 Å². The third-order valence-corrected chi connectivity index (χ3v) is 9.67. The molecule has 0 spiro atoms. The number of carbonyl (C=O) groups excluding carboxylic acids is 2. The zero-order chi connectivity index (χ0) is 39.6. The van der Waals surface area contributed by atoms with Gasteiger partial charge in [0.2, 0.25) is 5.91 Å². The van der Waals surface area contributed by atoms with Crippen LogP contribution in [0.1, 0.15) is 58.8 Å². The molecule has 54 heavy (non-hydrogen) atoms. The highest BCUT2D eigenvalue weighted by molar-refractivity contribution is 9.10. The van der Waals surface area contributed by atoms with Crippen molar-refractivity contribution in [3.63, 3.8) is 0 Å². The minimum atomic E-state index is -5.00. The van der Waals surface area contributed by atoms with Crippen LogP contribution in [0.4, 0.5) is 30.7 Å². The topological polar surface area (TPSA) is 101 Å². The van der Waals surface area contributed by atoms with Crippen LogP contribution in [0.2, 0.25) is 0 Å². The smallest absolute Gasteiger partial charge is 0.416 e. The Hall–Kier alpha value is -4.70. The van der Waals surface area contributed by atoms with Gasteiger partial charge in [-0.2, -0.15) is 13.2 Å². The van der Waals surface area contributed by atoms with Gasteiger partial charge in [-0.15, -0.1) is 0 Å². The van der Waals surface area contributed by atoms with Gasteiger partial charge >= 0.3 is 12.1 Å². The van der Waals surface area contributed by atoms with Gasteiger partial charge in [-0.25, -0.2) is 17.6 Å². The zero-order valence-electron chi connectivity index (χ0n) is 29.2. The number of halogens is 8. The predicted octanol–water partition coefficient (Wildman–Crippen LogP) is 7.63. The number of alkyl halides is 4. The van der Waals surface area contributed by atoms with E-state index in [2.05, 4.69) is 21.2 Å². The molecule has 288 valence electrons. The maximum absolute atomic E-state index is 16.1. The second kappa shape index (κ2) is 16.3. The molecule has 1 aliphatic heterocycles. The van der Waals surface area contributed by atoms with Crippen LogP contribution < -0.4 is 10.9 Å². The number of aryl methyl sites for hydroxylation is 1. The van der Waals surface area contributed by atoms with Crippen LogP contribution in [0.25, 0.3) is 11.1 Å². The molecule has 0 saturated carbocycles. The van der Waals surface area contributed by atoms with Crippen molar-refractivity contribution in [3.8, 4) is 16.9 Å². The van der Waals surface area contributed by atoms with E-state index in [4.69, 9.17) is 4.74 Å². The lowest BCUT2D eigenvalue weighted by Crippen LogP contribution is -2.49. The Morgan fingerprint density at radius 2 is 1.70 bits per heavy atom. The van der Waals surface area contributed by atoms with Crippen LogP contribution in [0.15, 0.2) is 64.0 Å². The Balaban J connectivity index is 1.66. The summed E-state index contributed by atoms with van der Waals surface area (Å²) in [5, 5.41) is 13.1. The second-order valence-electron chi connectivity index (χ2n) is 13.0. The fourth-order valence-corrected chi connectivity index (χ4v) is 6.85. The van der Waals surface area contributed by atoms with Crippen LogP contribution in [0.3, 0.4) is 0 Å². The average Bonchev–Trinajstić information content (AvgIpc) is 3.08. The predicted molar refractivity (Wildman–Crippen MR) is 188 cm³/mol. The van der Waals surface area contributed by atoms with E-state index in [1.807, 2.05) is 0 Å². The Labute approximate surface area is 313 Å². The number of phenols is 1. The van der Waals surface area contributed by atoms with Gasteiger partial charge in [0.15, 0.2) is 0 Å². The van der Waals surface area contributed by atoms with Gasteiger partial charge in [-0.3, -0.25) is 23.9 Å². The van der Waals surface area contributed by atoms with Crippen LogP contribution in [-0.4, -0.2) is 58.9 Å². The second-order valence-corrected chi connectivity index (χ2v) is 13.9. The Morgan fingerprint density at radius 1 is 1.02 bits per heavy atom. The summed E-state index contributed by atoms with van der Waals surface area (Å²) in [6.07, 6.45) is -6.35. The normalized spacial score (nSPS) is 14.7. The summed E-state index contributed by atoms with van der Waals surface area (Å²) in [6, 6.07) is 4.71. The van der Waals surface area contributed by atoms with Crippen molar-refractivity contribution in [1.82, 2.24) is 14.8 Å². The number of nitrogens with one attached hydrogen (secondary N) is 1. The number of aromatic nitrogens is 1. The van der Waals surface area contributed by atoms with Gasteiger partial charge in [-0.1, -0.05) is 15.9 Å². The molecule has 1 aliphatic rings. The summed E-state index contributed by atoms with van der Waals surface area (Å²) in [5.41, 5.74) is -3.75. The van der Waals surface area contributed by atoms with Gasteiger partial charge in [0.1, 0.15) is 35.4 Å². The van der Waals surface area contributed by atoms with Crippen molar-refractivity contribution < 1.29 is 50.2 Å². The minimum absolute atomic E-state index is 0.00116. The van der Waals surface area contributed by atoms with E-state index in [9.17, 15) is 41.4 Å². The average molecular weight is 827 g/mol. The molecule has 0 aliphatic carbocycles. The van der Waals surface area contributed by atoms with E-state index in [0.717, 1.165) is 30.5 Å². The van der Waals surface area contributed by atoms with E-state index in [-0.39, 0.29) is 76.8 Å². The highest BCUT2D eigenvalue weighted by Gasteiger charge is 2.37. The van der Waals surface area contributed by atoms with E-state index < -0.39 is 82.4 Å². The number of pyridine rings is 1. The lowest BCUT2D eigenvalue weighted by Gasteiger charge is -2.34. The maximum Gasteiger partial charge on any atom is 0.416 e. The Morgan fingerprint density at radius 3 is 2.35 bits per heavy atom. The van der Waals surface area contributed by atoms with Crippen LogP contribution in [0.5, 0.6) is 5.75 Å². The molecule has 16 heteroatoms. The summed E-state index contributed by atoms with van der Waals surface area (Å²) in [5.74, 6) is -5.09. The quantitative estimate of drug-likeness (QED) is 0.113. The summed E-state index contributed by atoms with van der Waals surface area (Å²) < 4.78 is 108. The first-order chi connectivity index (χ1) is 25.4. The van der Waals surface area contributed by atoms with E-state index >= 15 is 8.78 Å². The SMILES string of the molecule is CCOC(=O)C[C@H](NC(=O)C(c1cc(Br)ccc1F)n1cc(CCN2CC(F)C2)c(C(F)(F)F)cc1=O)c1cc(-c2c(O)ccc(F)c2C)cc(C)c1F. The number of hydrogen-bond donors (Lipinski definition) is 2. The number of amides is 1. The molecule has 5 rings (SSSR count). The largest absolute Gasteiger partial charge is 0.507 e. The van der Waals surface area contributed by atoms with Gasteiger partial charge in [0.05, 0.1) is 24.6 Å². The molecule has 1 unspecified atom stereocenters. The molecule has 0 radical (unpaired) electrons. The fraction of sp³-hybridized carbons (Fsp3) is 0.342. The molecular weight excluding hydrogens is 791 g/mol. The maximum atomic E-state index is 16.1. The number of hydrogen-bond acceptors (Lipinski definition) is 6. The molecule has 2 heterocycles. The van der Waals surface area contributed by atoms with Crippen molar-refractivity contribution in [3.05, 3.63) is 120 Å². The van der Waals surface area contributed by atoms with Crippen LogP contribution >= 0.6 is 15.9 Å². The van der Waals surface area contributed by atoms with E-state index in [1.54, 1.807) is 4.90 Å². The fourth-order valence-electron chi connectivity index (χ4n) is 6.47. The Kier molecular flexibility index (Phi) is 12.3. The summed E-state index contributed by atoms with van der Waals surface area (Å²) in [4.78, 5) is 42.4.